The van der Waals surface area contributed by atoms with Crippen molar-refractivity contribution in [3.63, 3.8) is 0 Å². The van der Waals surface area contributed by atoms with Crippen LogP contribution in [0.2, 0.25) is 0 Å². The van der Waals surface area contributed by atoms with Crippen molar-refractivity contribution in [3.8, 4) is 11.3 Å². The van der Waals surface area contributed by atoms with E-state index in [-0.39, 0.29) is 0 Å². The minimum atomic E-state index is 0.460. The summed E-state index contributed by atoms with van der Waals surface area (Å²) in [7, 11) is 0. The van der Waals surface area contributed by atoms with Crippen LogP contribution in [-0.4, -0.2) is 44.1 Å². The number of pyridine rings is 1. The molecule has 0 aromatic carbocycles. The molecule has 0 spiro atoms. The molecule has 0 fully saturated rings. The molecule has 0 radical (unpaired) electrons. The summed E-state index contributed by atoms with van der Waals surface area (Å²) >= 11 is 0. The summed E-state index contributed by atoms with van der Waals surface area (Å²) in [4.78, 5) is 11.4. The van der Waals surface area contributed by atoms with Crippen LogP contribution in [0.5, 0.6) is 0 Å². The molecular formula is C18H24N6. The van der Waals surface area contributed by atoms with E-state index in [9.17, 15) is 0 Å². The van der Waals surface area contributed by atoms with Crippen molar-refractivity contribution >= 4 is 11.5 Å². The van der Waals surface area contributed by atoms with E-state index in [2.05, 4.69) is 33.8 Å². The van der Waals surface area contributed by atoms with E-state index in [1.807, 2.05) is 30.6 Å². The summed E-state index contributed by atoms with van der Waals surface area (Å²) in [6.45, 7) is 7.69. The third kappa shape index (κ3) is 3.38. The van der Waals surface area contributed by atoms with Crippen molar-refractivity contribution in [1.29, 1.82) is 0 Å². The molecule has 3 aromatic rings. The van der Waals surface area contributed by atoms with E-state index < -0.39 is 0 Å². The minimum absolute atomic E-state index is 0.460. The van der Waals surface area contributed by atoms with Crippen LogP contribution in [0.4, 0.5) is 5.82 Å². The maximum atomic E-state index is 6.09. The average Bonchev–Trinajstić information content (AvgIpc) is 2.94. The molecule has 3 rings (SSSR count). The Balaban J connectivity index is 1.80. The van der Waals surface area contributed by atoms with Crippen molar-refractivity contribution in [1.82, 2.24) is 24.5 Å². The summed E-state index contributed by atoms with van der Waals surface area (Å²) in [5, 5.41) is 4.41. The molecule has 24 heavy (non-hydrogen) atoms. The Morgan fingerprint density at radius 2 is 2.00 bits per heavy atom. The van der Waals surface area contributed by atoms with E-state index in [1.54, 1.807) is 10.7 Å². The summed E-state index contributed by atoms with van der Waals surface area (Å²) in [5.74, 6) is 0.460. The largest absolute Gasteiger partial charge is 0.382 e. The predicted octanol–water partition coefficient (Wildman–Crippen LogP) is 2.65. The fourth-order valence-electron chi connectivity index (χ4n) is 2.92. The van der Waals surface area contributed by atoms with Gasteiger partial charge in [0.2, 0.25) is 0 Å². The molecule has 2 N–H and O–H groups in total. The molecule has 0 aliphatic heterocycles. The van der Waals surface area contributed by atoms with E-state index in [0.717, 1.165) is 49.4 Å². The van der Waals surface area contributed by atoms with Gasteiger partial charge in [-0.25, -0.2) is 9.50 Å². The van der Waals surface area contributed by atoms with Gasteiger partial charge in [0.05, 0.1) is 11.3 Å². The van der Waals surface area contributed by atoms with Crippen LogP contribution < -0.4 is 5.73 Å². The van der Waals surface area contributed by atoms with Gasteiger partial charge in [0, 0.05) is 18.6 Å². The molecule has 3 heterocycles. The summed E-state index contributed by atoms with van der Waals surface area (Å²) in [6, 6.07) is 5.74. The fourth-order valence-corrected chi connectivity index (χ4v) is 2.92. The zero-order chi connectivity index (χ0) is 16.9. The van der Waals surface area contributed by atoms with Crippen molar-refractivity contribution < 1.29 is 0 Å². The highest BCUT2D eigenvalue weighted by molar-refractivity contribution is 5.84. The third-order valence-electron chi connectivity index (χ3n) is 4.31. The Morgan fingerprint density at radius 1 is 1.17 bits per heavy atom. The van der Waals surface area contributed by atoms with Crippen LogP contribution in [0.25, 0.3) is 16.9 Å². The number of rotatable bonds is 7. The number of nitrogen functional groups attached to an aromatic ring is 1. The van der Waals surface area contributed by atoms with Gasteiger partial charge >= 0.3 is 0 Å². The van der Waals surface area contributed by atoms with Crippen LogP contribution in [0.1, 0.15) is 25.8 Å². The Bertz CT molecular complexity index is 792. The number of hydrogen-bond acceptors (Lipinski definition) is 5. The highest BCUT2D eigenvalue weighted by Crippen LogP contribution is 2.27. The highest BCUT2D eigenvalue weighted by Gasteiger charge is 2.14. The molecule has 0 aliphatic rings. The monoisotopic (exact) mass is 324 g/mol. The van der Waals surface area contributed by atoms with Gasteiger partial charge in [0.15, 0.2) is 11.5 Å². The highest BCUT2D eigenvalue weighted by atomic mass is 15.3. The minimum Gasteiger partial charge on any atom is -0.382 e. The van der Waals surface area contributed by atoms with Crippen LogP contribution >= 0.6 is 0 Å². The topological polar surface area (TPSA) is 72.3 Å². The van der Waals surface area contributed by atoms with Gasteiger partial charge in [-0.1, -0.05) is 19.9 Å². The first kappa shape index (κ1) is 16.4. The Hall–Kier alpha value is -2.47. The number of nitrogens with two attached hydrogens (primary N) is 1. The lowest BCUT2D eigenvalue weighted by atomic mass is 10.1. The van der Waals surface area contributed by atoms with Crippen LogP contribution in [0, 0.1) is 0 Å². The fraction of sp³-hybridized carbons (Fsp3) is 0.389. The number of anilines is 1. The van der Waals surface area contributed by atoms with E-state index in [1.165, 1.54) is 5.56 Å². The summed E-state index contributed by atoms with van der Waals surface area (Å²) in [6.07, 6.45) is 7.79. The van der Waals surface area contributed by atoms with Gasteiger partial charge in [-0.3, -0.25) is 4.98 Å². The van der Waals surface area contributed by atoms with E-state index >= 15 is 0 Å². The van der Waals surface area contributed by atoms with Gasteiger partial charge in [-0.2, -0.15) is 0 Å². The molecule has 3 aromatic heterocycles. The Labute approximate surface area is 142 Å². The zero-order valence-electron chi connectivity index (χ0n) is 14.3. The van der Waals surface area contributed by atoms with Crippen molar-refractivity contribution in [2.45, 2.75) is 26.7 Å². The molecule has 0 amide bonds. The van der Waals surface area contributed by atoms with Gasteiger partial charge in [0.1, 0.15) is 0 Å². The molecule has 6 heteroatoms. The summed E-state index contributed by atoms with van der Waals surface area (Å²) in [5.41, 5.74) is 9.61. The molecular weight excluding hydrogens is 300 g/mol. The first-order chi connectivity index (χ1) is 11.7. The van der Waals surface area contributed by atoms with Crippen molar-refractivity contribution in [2.75, 3.05) is 25.4 Å². The first-order valence-electron chi connectivity index (χ1n) is 8.49. The summed E-state index contributed by atoms with van der Waals surface area (Å²) < 4.78 is 1.77. The number of fused-ring (bicyclic) bond motifs is 1. The van der Waals surface area contributed by atoms with Crippen LogP contribution in [-0.2, 0) is 6.42 Å². The number of nitrogens with zero attached hydrogens (tertiary/aromatic N) is 5. The third-order valence-corrected chi connectivity index (χ3v) is 4.31. The average molecular weight is 324 g/mol. The first-order valence-corrected chi connectivity index (χ1v) is 8.49. The maximum Gasteiger partial charge on any atom is 0.166 e. The van der Waals surface area contributed by atoms with Crippen molar-refractivity contribution in [2.24, 2.45) is 0 Å². The number of aromatic nitrogens is 4. The van der Waals surface area contributed by atoms with Gasteiger partial charge in [-0.15, -0.1) is 5.10 Å². The molecule has 126 valence electrons. The maximum absolute atomic E-state index is 6.09. The number of aryl methyl sites for hydroxylation is 1. The normalized spacial score (nSPS) is 11.5. The van der Waals surface area contributed by atoms with Crippen molar-refractivity contribution in [3.05, 3.63) is 42.4 Å². The predicted molar refractivity (Wildman–Crippen MR) is 96.7 cm³/mol. The number of hydrogen-bond donors (Lipinski definition) is 1. The Kier molecular flexibility index (Phi) is 5.05. The van der Waals surface area contributed by atoms with Crippen LogP contribution in [0.15, 0.2) is 36.8 Å². The van der Waals surface area contributed by atoms with E-state index in [0.29, 0.717) is 5.82 Å². The SMILES string of the molecule is CCN(CC)CCCc1cnc2c(-c3ccccn3)c(N)nn2c1. The quantitative estimate of drug-likeness (QED) is 0.723. The standard InChI is InChI=1S/C18H24N6/c1-3-23(4-2)11-7-8-14-12-21-18-16(15-9-5-6-10-20-15)17(19)22-24(18)13-14/h5-6,9-10,12-13H,3-4,7-8,11H2,1-2H3,(H2,19,22). The lowest BCUT2D eigenvalue weighted by Gasteiger charge is -2.17. The molecule has 0 atom stereocenters. The molecule has 0 aliphatic carbocycles. The second kappa shape index (κ2) is 7.40. The smallest absolute Gasteiger partial charge is 0.166 e. The van der Waals surface area contributed by atoms with Gasteiger partial charge in [-0.05, 0) is 50.2 Å². The van der Waals surface area contributed by atoms with Gasteiger partial charge in [0.25, 0.3) is 0 Å². The zero-order valence-corrected chi connectivity index (χ0v) is 14.3. The van der Waals surface area contributed by atoms with Gasteiger partial charge < -0.3 is 10.6 Å². The molecule has 0 saturated heterocycles. The van der Waals surface area contributed by atoms with E-state index in [4.69, 9.17) is 5.73 Å². The molecule has 0 saturated carbocycles. The second-order valence-corrected chi connectivity index (χ2v) is 5.84. The second-order valence-electron chi connectivity index (χ2n) is 5.84. The molecule has 0 bridgehead atoms. The molecule has 6 nitrogen and oxygen atoms in total. The lowest BCUT2D eigenvalue weighted by molar-refractivity contribution is 0.300. The Morgan fingerprint density at radius 3 is 2.71 bits per heavy atom. The lowest BCUT2D eigenvalue weighted by Crippen LogP contribution is -2.24. The van der Waals surface area contributed by atoms with Crippen LogP contribution in [0.3, 0.4) is 0 Å². The molecule has 0 unspecified atom stereocenters.